The predicted octanol–water partition coefficient (Wildman–Crippen LogP) is 7.13. The van der Waals surface area contributed by atoms with Crippen LogP contribution in [0.4, 0.5) is 14.5 Å². The highest BCUT2D eigenvalue weighted by molar-refractivity contribution is 5.75. The van der Waals surface area contributed by atoms with Gasteiger partial charge in [-0.1, -0.05) is 39.3 Å². The standard InChI is InChI=1S/C28H37F2N3/c1-7-19(3)9-14-25-20(4)32(5)18-27(25)26-17-24(31-33(6)8-2)13-11-21(26)15-22-10-12-23(29)16-28(22)30/h10-13,16-19,31H,7-9,14-15H2,1-6H3. The minimum absolute atomic E-state index is 0.407. The maximum absolute atomic E-state index is 14.5. The minimum atomic E-state index is -0.551. The molecule has 1 unspecified atom stereocenters. The van der Waals surface area contributed by atoms with Gasteiger partial charge in [0.2, 0.25) is 0 Å². The lowest BCUT2D eigenvalue weighted by Crippen LogP contribution is -2.24. The number of halogens is 2. The average Bonchev–Trinajstić information content (AvgIpc) is 3.08. The zero-order valence-corrected chi connectivity index (χ0v) is 20.8. The van der Waals surface area contributed by atoms with E-state index in [1.807, 2.05) is 18.1 Å². The van der Waals surface area contributed by atoms with Crippen molar-refractivity contribution in [2.45, 2.75) is 53.4 Å². The van der Waals surface area contributed by atoms with Crippen molar-refractivity contribution in [3.05, 3.63) is 76.6 Å². The smallest absolute Gasteiger partial charge is 0.129 e. The quantitative estimate of drug-likeness (QED) is 0.330. The van der Waals surface area contributed by atoms with Crippen molar-refractivity contribution in [3.63, 3.8) is 0 Å². The number of benzene rings is 2. The Balaban J connectivity index is 2.09. The van der Waals surface area contributed by atoms with E-state index in [0.717, 1.165) is 42.3 Å². The Bertz CT molecular complexity index is 1090. The zero-order chi connectivity index (χ0) is 24.1. The number of nitrogens with zero attached hydrogens (tertiary/aromatic N) is 2. The number of rotatable bonds is 10. The fourth-order valence-electron chi connectivity index (χ4n) is 4.14. The molecule has 0 spiro atoms. The van der Waals surface area contributed by atoms with Gasteiger partial charge in [-0.05, 0) is 66.1 Å². The molecule has 0 radical (unpaired) electrons. The summed E-state index contributed by atoms with van der Waals surface area (Å²) in [5, 5.41) is 2.03. The van der Waals surface area contributed by atoms with Gasteiger partial charge in [0.25, 0.3) is 0 Å². The Labute approximate surface area is 197 Å². The van der Waals surface area contributed by atoms with Gasteiger partial charge in [0.1, 0.15) is 11.6 Å². The van der Waals surface area contributed by atoms with Gasteiger partial charge in [0.05, 0.1) is 0 Å². The van der Waals surface area contributed by atoms with Gasteiger partial charge >= 0.3 is 0 Å². The monoisotopic (exact) mass is 453 g/mol. The molecule has 0 aliphatic carbocycles. The average molecular weight is 454 g/mol. The van der Waals surface area contributed by atoms with Gasteiger partial charge in [0.15, 0.2) is 0 Å². The summed E-state index contributed by atoms with van der Waals surface area (Å²) >= 11 is 0. The Morgan fingerprint density at radius 2 is 1.76 bits per heavy atom. The highest BCUT2D eigenvalue weighted by Gasteiger charge is 2.18. The van der Waals surface area contributed by atoms with Crippen molar-refractivity contribution >= 4 is 5.69 Å². The van der Waals surface area contributed by atoms with Crippen LogP contribution in [-0.4, -0.2) is 23.2 Å². The van der Waals surface area contributed by atoms with Crippen LogP contribution in [0.1, 0.15) is 56.0 Å². The molecule has 1 heterocycles. The van der Waals surface area contributed by atoms with Crippen LogP contribution in [0.25, 0.3) is 11.1 Å². The second-order valence-corrected chi connectivity index (χ2v) is 9.18. The molecular weight excluding hydrogens is 416 g/mol. The molecule has 0 amide bonds. The van der Waals surface area contributed by atoms with Gasteiger partial charge in [-0.15, -0.1) is 0 Å². The van der Waals surface area contributed by atoms with Crippen LogP contribution < -0.4 is 5.43 Å². The molecule has 5 heteroatoms. The van der Waals surface area contributed by atoms with E-state index in [1.165, 1.54) is 29.3 Å². The molecule has 0 aliphatic heterocycles. The van der Waals surface area contributed by atoms with Crippen molar-refractivity contribution in [3.8, 4) is 11.1 Å². The minimum Gasteiger partial charge on any atom is -0.354 e. The number of hydrogen-bond acceptors (Lipinski definition) is 2. The molecule has 0 bridgehead atoms. The molecule has 1 N–H and O–H groups in total. The third kappa shape index (κ3) is 6.02. The third-order valence-corrected chi connectivity index (χ3v) is 6.79. The second-order valence-electron chi connectivity index (χ2n) is 9.18. The molecule has 3 nitrogen and oxygen atoms in total. The lowest BCUT2D eigenvalue weighted by atomic mass is 9.90. The summed E-state index contributed by atoms with van der Waals surface area (Å²) in [6.45, 7) is 9.65. The topological polar surface area (TPSA) is 20.2 Å². The number of aryl methyl sites for hydroxylation is 1. The first-order chi connectivity index (χ1) is 15.7. The van der Waals surface area contributed by atoms with E-state index in [4.69, 9.17) is 0 Å². The molecular formula is C28H37F2N3. The summed E-state index contributed by atoms with van der Waals surface area (Å²) in [5.74, 6) is -0.392. The molecule has 33 heavy (non-hydrogen) atoms. The molecule has 3 aromatic rings. The molecule has 0 saturated carbocycles. The van der Waals surface area contributed by atoms with E-state index in [9.17, 15) is 8.78 Å². The largest absolute Gasteiger partial charge is 0.354 e. The first kappa shape index (κ1) is 25.0. The number of anilines is 1. The van der Waals surface area contributed by atoms with Crippen LogP contribution in [0.3, 0.4) is 0 Å². The second kappa shape index (κ2) is 11.0. The SMILES string of the molecule is CCC(C)CCc1c(-c2cc(NN(C)CC)ccc2Cc2ccc(F)cc2F)cn(C)c1C. The molecule has 0 aliphatic rings. The molecule has 178 valence electrons. The van der Waals surface area contributed by atoms with E-state index in [-0.39, 0.29) is 0 Å². The highest BCUT2D eigenvalue weighted by Crippen LogP contribution is 2.35. The lowest BCUT2D eigenvalue weighted by Gasteiger charge is -2.20. The zero-order valence-electron chi connectivity index (χ0n) is 20.8. The van der Waals surface area contributed by atoms with E-state index >= 15 is 0 Å². The maximum atomic E-state index is 14.5. The van der Waals surface area contributed by atoms with E-state index in [0.29, 0.717) is 17.9 Å². The fourth-order valence-corrected chi connectivity index (χ4v) is 4.14. The Hall–Kier alpha value is -2.66. The van der Waals surface area contributed by atoms with Crippen LogP contribution in [0, 0.1) is 24.5 Å². The summed E-state index contributed by atoms with van der Waals surface area (Å²) in [6.07, 6.45) is 5.90. The Morgan fingerprint density at radius 1 is 1.03 bits per heavy atom. The van der Waals surface area contributed by atoms with E-state index < -0.39 is 11.6 Å². The first-order valence-corrected chi connectivity index (χ1v) is 11.9. The molecule has 0 saturated heterocycles. The number of aromatic nitrogens is 1. The van der Waals surface area contributed by atoms with Crippen LogP contribution in [-0.2, 0) is 19.9 Å². The van der Waals surface area contributed by atoms with Crippen LogP contribution >= 0.6 is 0 Å². The number of hydrazine groups is 1. The van der Waals surface area contributed by atoms with Crippen molar-refractivity contribution in [2.75, 3.05) is 19.0 Å². The third-order valence-electron chi connectivity index (χ3n) is 6.79. The highest BCUT2D eigenvalue weighted by atomic mass is 19.1. The summed E-state index contributed by atoms with van der Waals surface area (Å²) < 4.78 is 30.1. The fraction of sp³-hybridized carbons (Fsp3) is 0.429. The number of nitrogens with one attached hydrogen (secondary N) is 1. The molecule has 0 fully saturated rings. The summed E-state index contributed by atoms with van der Waals surface area (Å²) in [5.41, 5.74) is 10.8. The molecule has 2 aromatic carbocycles. The van der Waals surface area contributed by atoms with Gasteiger partial charge < -0.3 is 9.99 Å². The summed E-state index contributed by atoms with van der Waals surface area (Å²) in [6, 6.07) is 10.1. The van der Waals surface area contributed by atoms with Crippen molar-refractivity contribution in [1.82, 2.24) is 9.58 Å². The van der Waals surface area contributed by atoms with Crippen LogP contribution in [0.5, 0.6) is 0 Å². The predicted molar refractivity (Wildman–Crippen MR) is 134 cm³/mol. The summed E-state index contributed by atoms with van der Waals surface area (Å²) in [4.78, 5) is 0. The van der Waals surface area contributed by atoms with E-state index in [1.54, 1.807) is 6.07 Å². The molecule has 3 rings (SSSR count). The van der Waals surface area contributed by atoms with E-state index in [2.05, 4.69) is 63.1 Å². The Kier molecular flexibility index (Phi) is 8.30. The lowest BCUT2D eigenvalue weighted by molar-refractivity contribution is 0.426. The molecule has 1 atom stereocenters. The van der Waals surface area contributed by atoms with Crippen LogP contribution in [0.2, 0.25) is 0 Å². The summed E-state index contributed by atoms with van der Waals surface area (Å²) in [7, 11) is 4.09. The normalized spacial score (nSPS) is 12.4. The van der Waals surface area contributed by atoms with Crippen LogP contribution in [0.15, 0.2) is 42.6 Å². The first-order valence-electron chi connectivity index (χ1n) is 11.9. The van der Waals surface area contributed by atoms with Gasteiger partial charge in [-0.25, -0.2) is 13.8 Å². The van der Waals surface area contributed by atoms with Gasteiger partial charge in [-0.3, -0.25) is 0 Å². The maximum Gasteiger partial charge on any atom is 0.129 e. The van der Waals surface area contributed by atoms with Crippen molar-refractivity contribution in [2.24, 2.45) is 13.0 Å². The van der Waals surface area contributed by atoms with Gasteiger partial charge in [-0.2, -0.15) is 0 Å². The van der Waals surface area contributed by atoms with Gasteiger partial charge in [0, 0.05) is 56.3 Å². The molecule has 1 aromatic heterocycles. The number of hydrogen-bond donors (Lipinski definition) is 1. The van der Waals surface area contributed by atoms with Crippen molar-refractivity contribution in [1.29, 1.82) is 0 Å². The Morgan fingerprint density at radius 3 is 2.42 bits per heavy atom. The van der Waals surface area contributed by atoms with Crippen molar-refractivity contribution < 1.29 is 8.78 Å².